The monoisotopic (exact) mass is 553 g/mol. The van der Waals surface area contributed by atoms with E-state index in [0.717, 1.165) is 87.7 Å². The van der Waals surface area contributed by atoms with Crippen molar-refractivity contribution in [1.29, 1.82) is 0 Å². The Bertz CT molecular complexity index is 1340. The van der Waals surface area contributed by atoms with Crippen molar-refractivity contribution in [2.75, 3.05) is 55.6 Å². The van der Waals surface area contributed by atoms with E-state index < -0.39 is 10.7 Å². The average molecular weight is 554 g/mol. The molecule has 0 bridgehead atoms. The third-order valence-corrected chi connectivity index (χ3v) is 7.92. The Morgan fingerprint density at radius 3 is 2.44 bits per heavy atom. The molecule has 2 aliphatic rings. The van der Waals surface area contributed by atoms with Gasteiger partial charge in [-0.2, -0.15) is 4.98 Å². The number of hydrogen-bond acceptors (Lipinski definition) is 8. The van der Waals surface area contributed by atoms with Crippen LogP contribution in [0, 0.1) is 22.9 Å². The molecule has 2 saturated heterocycles. The van der Waals surface area contributed by atoms with Gasteiger partial charge < -0.3 is 9.80 Å². The quantitative estimate of drug-likeness (QED) is 0.281. The smallest absolute Gasteiger partial charge is 0.287 e. The molecule has 0 atom stereocenters. The fourth-order valence-electron chi connectivity index (χ4n) is 5.50. The van der Waals surface area contributed by atoms with Crippen LogP contribution < -0.4 is 9.80 Å². The number of aromatic nitrogens is 3. The second-order valence-electron chi connectivity index (χ2n) is 10.3. The van der Waals surface area contributed by atoms with Crippen molar-refractivity contribution in [3.8, 4) is 11.3 Å². The predicted molar refractivity (Wildman–Crippen MR) is 151 cm³/mol. The number of benzene rings is 1. The Kier molecular flexibility index (Phi) is 8.23. The first kappa shape index (κ1) is 27.2. The summed E-state index contributed by atoms with van der Waals surface area (Å²) in [7, 11) is 0. The highest BCUT2D eigenvalue weighted by molar-refractivity contribution is 6.31. The zero-order valence-corrected chi connectivity index (χ0v) is 23.1. The van der Waals surface area contributed by atoms with E-state index in [1.165, 1.54) is 12.3 Å². The minimum atomic E-state index is -0.459. The van der Waals surface area contributed by atoms with Gasteiger partial charge in [0.05, 0.1) is 15.6 Å². The van der Waals surface area contributed by atoms with E-state index in [1.54, 1.807) is 18.2 Å². The minimum absolute atomic E-state index is 0.0196. The van der Waals surface area contributed by atoms with Crippen LogP contribution in [0.2, 0.25) is 5.02 Å². The number of halogens is 2. The van der Waals surface area contributed by atoms with Crippen LogP contribution in [0.15, 0.2) is 36.5 Å². The van der Waals surface area contributed by atoms with Crippen LogP contribution in [0.1, 0.15) is 43.4 Å². The topological polar surface area (TPSA) is 91.5 Å². The number of piperazine rings is 1. The van der Waals surface area contributed by atoms with Crippen LogP contribution in [0.3, 0.4) is 0 Å². The maximum atomic E-state index is 13.9. The van der Waals surface area contributed by atoms with E-state index in [0.29, 0.717) is 11.6 Å². The molecule has 206 valence electrons. The van der Waals surface area contributed by atoms with Crippen molar-refractivity contribution in [3.05, 3.63) is 68.7 Å². The van der Waals surface area contributed by atoms with Crippen molar-refractivity contribution < 1.29 is 9.31 Å². The molecule has 0 aliphatic carbocycles. The summed E-state index contributed by atoms with van der Waals surface area (Å²) >= 11 is 6.11. The summed E-state index contributed by atoms with van der Waals surface area (Å²) in [5.41, 5.74) is 3.26. The SMILES string of the molecule is CCCN1CCN(c2nc(-c3ccc(F)c(Cl)c3)cc(N3CCC(c4ncc([N+](=O)[O-])cc4C)CC3)n2)CC1. The first-order chi connectivity index (χ1) is 18.8. The molecule has 0 N–H and O–H groups in total. The van der Waals surface area contributed by atoms with Gasteiger partial charge >= 0.3 is 0 Å². The molecular formula is C28H33ClFN7O2. The number of anilines is 2. The van der Waals surface area contributed by atoms with Gasteiger partial charge in [-0.25, -0.2) is 9.37 Å². The fraction of sp³-hybridized carbons (Fsp3) is 0.464. The van der Waals surface area contributed by atoms with E-state index >= 15 is 0 Å². The number of piperidine rings is 1. The Morgan fingerprint density at radius 2 is 1.79 bits per heavy atom. The largest absolute Gasteiger partial charge is 0.356 e. The lowest BCUT2D eigenvalue weighted by atomic mass is 9.90. The lowest BCUT2D eigenvalue weighted by Gasteiger charge is -2.36. The van der Waals surface area contributed by atoms with Gasteiger partial charge in [0.2, 0.25) is 5.95 Å². The molecule has 0 saturated carbocycles. The molecule has 0 amide bonds. The average Bonchev–Trinajstić information content (AvgIpc) is 2.95. The molecule has 0 unspecified atom stereocenters. The maximum Gasteiger partial charge on any atom is 0.287 e. The number of pyridine rings is 1. The molecule has 5 rings (SSSR count). The summed E-state index contributed by atoms with van der Waals surface area (Å²) < 4.78 is 13.9. The van der Waals surface area contributed by atoms with Gasteiger partial charge in [-0.05, 0) is 56.5 Å². The van der Waals surface area contributed by atoms with Gasteiger partial charge in [0.1, 0.15) is 17.8 Å². The molecule has 2 aromatic heterocycles. The van der Waals surface area contributed by atoms with E-state index in [2.05, 4.69) is 26.6 Å². The third kappa shape index (κ3) is 6.12. The molecule has 2 aliphatic heterocycles. The predicted octanol–water partition coefficient (Wildman–Crippen LogP) is 5.46. The van der Waals surface area contributed by atoms with Crippen molar-refractivity contribution in [2.45, 2.75) is 39.0 Å². The first-order valence-electron chi connectivity index (χ1n) is 13.5. The zero-order chi connectivity index (χ0) is 27.5. The number of aryl methyl sites for hydroxylation is 1. The summed E-state index contributed by atoms with van der Waals surface area (Å²) in [4.78, 5) is 32.0. The van der Waals surface area contributed by atoms with Crippen LogP contribution in [-0.4, -0.2) is 70.6 Å². The van der Waals surface area contributed by atoms with Crippen LogP contribution in [-0.2, 0) is 0 Å². The second-order valence-corrected chi connectivity index (χ2v) is 10.7. The standard InChI is InChI=1S/C28H33ClFN7O2/c1-3-8-34-11-13-36(14-12-34)28-32-25(21-4-5-24(30)23(29)16-21)17-26(33-28)35-9-6-20(7-10-35)27-19(2)15-22(18-31-27)37(38)39/h4-5,15-18,20H,3,6-14H2,1-2H3. The molecule has 0 spiro atoms. The van der Waals surface area contributed by atoms with Gasteiger partial charge in [-0.1, -0.05) is 18.5 Å². The molecule has 3 aromatic rings. The minimum Gasteiger partial charge on any atom is -0.356 e. The number of hydrogen-bond donors (Lipinski definition) is 0. The number of nitro groups is 1. The van der Waals surface area contributed by atoms with E-state index in [-0.39, 0.29) is 16.6 Å². The van der Waals surface area contributed by atoms with Gasteiger partial charge in [-0.3, -0.25) is 20.0 Å². The summed E-state index contributed by atoms with van der Waals surface area (Å²) in [5.74, 6) is 1.27. The Morgan fingerprint density at radius 1 is 1.05 bits per heavy atom. The molecule has 9 nitrogen and oxygen atoms in total. The highest BCUT2D eigenvalue weighted by atomic mass is 35.5. The summed E-state index contributed by atoms with van der Waals surface area (Å²) in [5, 5.41) is 11.2. The highest BCUT2D eigenvalue weighted by Crippen LogP contribution is 2.34. The summed E-state index contributed by atoms with van der Waals surface area (Å²) in [6, 6.07) is 8.24. The Labute approximate surface area is 232 Å². The van der Waals surface area contributed by atoms with E-state index in [1.807, 2.05) is 13.0 Å². The van der Waals surface area contributed by atoms with Crippen LogP contribution in [0.5, 0.6) is 0 Å². The van der Waals surface area contributed by atoms with Crippen LogP contribution in [0.4, 0.5) is 21.8 Å². The van der Waals surface area contributed by atoms with Crippen molar-refractivity contribution in [1.82, 2.24) is 19.9 Å². The fourth-order valence-corrected chi connectivity index (χ4v) is 5.68. The normalized spacial score (nSPS) is 17.0. The number of rotatable bonds is 7. The number of nitrogens with zero attached hydrogens (tertiary/aromatic N) is 7. The summed E-state index contributed by atoms with van der Waals surface area (Å²) in [6.45, 7) is 10.3. The van der Waals surface area contributed by atoms with Gasteiger partial charge in [0.25, 0.3) is 5.69 Å². The third-order valence-electron chi connectivity index (χ3n) is 7.63. The highest BCUT2D eigenvalue weighted by Gasteiger charge is 2.27. The molecule has 1 aromatic carbocycles. The maximum absolute atomic E-state index is 13.9. The molecule has 0 radical (unpaired) electrons. The van der Waals surface area contributed by atoms with Gasteiger partial charge in [-0.15, -0.1) is 0 Å². The lowest BCUT2D eigenvalue weighted by Crippen LogP contribution is -2.47. The van der Waals surface area contributed by atoms with Gasteiger partial charge in [0, 0.05) is 68.6 Å². The first-order valence-corrected chi connectivity index (χ1v) is 13.9. The van der Waals surface area contributed by atoms with E-state index in [9.17, 15) is 14.5 Å². The van der Waals surface area contributed by atoms with Gasteiger partial charge in [0.15, 0.2) is 0 Å². The molecule has 39 heavy (non-hydrogen) atoms. The van der Waals surface area contributed by atoms with Crippen molar-refractivity contribution >= 4 is 29.1 Å². The Balaban J connectivity index is 1.39. The van der Waals surface area contributed by atoms with Crippen LogP contribution >= 0.6 is 11.6 Å². The molecule has 4 heterocycles. The molecule has 2 fully saturated rings. The molecule has 11 heteroatoms. The van der Waals surface area contributed by atoms with E-state index in [4.69, 9.17) is 21.6 Å². The lowest BCUT2D eigenvalue weighted by molar-refractivity contribution is -0.385. The van der Waals surface area contributed by atoms with Crippen molar-refractivity contribution in [3.63, 3.8) is 0 Å². The summed E-state index contributed by atoms with van der Waals surface area (Å²) in [6.07, 6.45) is 4.20. The second kappa shape index (κ2) is 11.8. The molecular weight excluding hydrogens is 521 g/mol. The van der Waals surface area contributed by atoms with Crippen LogP contribution in [0.25, 0.3) is 11.3 Å². The van der Waals surface area contributed by atoms with Crippen molar-refractivity contribution in [2.24, 2.45) is 0 Å². The zero-order valence-electron chi connectivity index (χ0n) is 22.3. The Hall–Kier alpha value is -3.37.